The predicted octanol–water partition coefficient (Wildman–Crippen LogP) is 3.15. The lowest BCUT2D eigenvalue weighted by Gasteiger charge is -2.30. The summed E-state index contributed by atoms with van der Waals surface area (Å²) in [5.74, 6) is -0.499. The first kappa shape index (κ1) is 17.6. The summed E-state index contributed by atoms with van der Waals surface area (Å²) >= 11 is 0. The highest BCUT2D eigenvalue weighted by molar-refractivity contribution is 6.24. The molecule has 144 valence electrons. The Morgan fingerprint density at radius 2 is 1.43 bits per heavy atom. The number of imide groups is 1. The molecule has 0 bridgehead atoms. The van der Waals surface area contributed by atoms with Gasteiger partial charge in [0.05, 0.1) is 17.6 Å². The summed E-state index contributed by atoms with van der Waals surface area (Å²) in [6, 6.07) is 13.8. The van der Waals surface area contributed by atoms with Crippen molar-refractivity contribution in [3.63, 3.8) is 0 Å². The molecule has 2 amide bonds. The molecule has 3 aliphatic rings. The Morgan fingerprint density at radius 1 is 0.786 bits per heavy atom. The number of anilines is 1. The van der Waals surface area contributed by atoms with E-state index in [2.05, 4.69) is 41.2 Å². The van der Waals surface area contributed by atoms with Crippen molar-refractivity contribution < 1.29 is 9.59 Å². The van der Waals surface area contributed by atoms with Gasteiger partial charge in [0.15, 0.2) is 0 Å². The van der Waals surface area contributed by atoms with Crippen LogP contribution in [0.4, 0.5) is 5.69 Å². The van der Waals surface area contributed by atoms with Gasteiger partial charge in [-0.05, 0) is 44.4 Å². The second-order valence-corrected chi connectivity index (χ2v) is 8.31. The number of benzene rings is 2. The summed E-state index contributed by atoms with van der Waals surface area (Å²) in [5, 5.41) is 4.41. The van der Waals surface area contributed by atoms with Crippen molar-refractivity contribution in [2.45, 2.75) is 39.3 Å². The van der Waals surface area contributed by atoms with Gasteiger partial charge in [0.25, 0.3) is 5.91 Å². The predicted molar refractivity (Wildman–Crippen MR) is 108 cm³/mol. The first-order valence-electron chi connectivity index (χ1n) is 10.0. The maximum absolute atomic E-state index is 13.6. The number of fused-ring (bicyclic) bond motifs is 3. The molecule has 0 N–H and O–H groups in total. The highest BCUT2D eigenvalue weighted by Gasteiger charge is 2.62. The summed E-state index contributed by atoms with van der Waals surface area (Å²) in [6.07, 6.45) is 1.02. The summed E-state index contributed by atoms with van der Waals surface area (Å²) in [4.78, 5) is 28.5. The van der Waals surface area contributed by atoms with Crippen molar-refractivity contribution in [1.82, 2.24) is 10.0 Å². The Labute approximate surface area is 165 Å². The molecule has 3 atom stereocenters. The van der Waals surface area contributed by atoms with Crippen LogP contribution in [-0.2, 0) is 9.59 Å². The molecule has 28 heavy (non-hydrogen) atoms. The van der Waals surface area contributed by atoms with Crippen molar-refractivity contribution in [3.05, 3.63) is 64.7 Å². The Balaban J connectivity index is 1.59. The number of amides is 2. The molecule has 5 nitrogen and oxygen atoms in total. The normalized spacial score (nSPS) is 27.5. The first-order chi connectivity index (χ1) is 13.5. The van der Waals surface area contributed by atoms with Crippen LogP contribution in [0.3, 0.4) is 0 Å². The van der Waals surface area contributed by atoms with E-state index >= 15 is 0 Å². The molecule has 0 unspecified atom stereocenters. The molecule has 0 radical (unpaired) electrons. The number of aryl methyl sites for hydroxylation is 3. The average Bonchev–Trinajstić information content (AvgIpc) is 3.30. The molecule has 3 saturated heterocycles. The molecule has 0 saturated carbocycles. The zero-order valence-electron chi connectivity index (χ0n) is 16.6. The molecule has 3 aliphatic heterocycles. The van der Waals surface area contributed by atoms with Gasteiger partial charge in [-0.25, -0.2) is 14.9 Å². The molecule has 0 aliphatic carbocycles. The van der Waals surface area contributed by atoms with Crippen LogP contribution >= 0.6 is 0 Å². The van der Waals surface area contributed by atoms with Gasteiger partial charge in [0.1, 0.15) is 6.04 Å². The van der Waals surface area contributed by atoms with E-state index in [-0.39, 0.29) is 29.8 Å². The lowest BCUT2D eigenvalue weighted by molar-refractivity contribution is -0.126. The summed E-state index contributed by atoms with van der Waals surface area (Å²) in [5.41, 5.74) is 5.13. The summed E-state index contributed by atoms with van der Waals surface area (Å²) in [6.45, 7) is 7.79. The van der Waals surface area contributed by atoms with Gasteiger partial charge in [-0.2, -0.15) is 0 Å². The molecule has 0 spiro atoms. The second-order valence-electron chi connectivity index (χ2n) is 8.31. The monoisotopic (exact) mass is 375 g/mol. The zero-order valence-corrected chi connectivity index (χ0v) is 16.6. The SMILES string of the molecule is Cc1ccc([C@@H]2[C@H]3C(=O)N(c4ccc(C)cc4C)C(=O)[C@@H]3N3CCCN23)cc1. The fourth-order valence-electron chi connectivity index (χ4n) is 5.17. The van der Waals surface area contributed by atoms with Crippen LogP contribution in [0.2, 0.25) is 0 Å². The topological polar surface area (TPSA) is 43.9 Å². The fourth-order valence-corrected chi connectivity index (χ4v) is 5.17. The molecule has 3 fully saturated rings. The Hall–Kier alpha value is -2.50. The van der Waals surface area contributed by atoms with E-state index in [9.17, 15) is 9.59 Å². The van der Waals surface area contributed by atoms with Gasteiger partial charge in [0, 0.05) is 13.1 Å². The highest BCUT2D eigenvalue weighted by Crippen LogP contribution is 2.49. The quantitative estimate of drug-likeness (QED) is 0.757. The summed E-state index contributed by atoms with van der Waals surface area (Å²) in [7, 11) is 0. The van der Waals surface area contributed by atoms with E-state index in [1.54, 1.807) is 0 Å². The van der Waals surface area contributed by atoms with Crippen LogP contribution in [0, 0.1) is 26.7 Å². The van der Waals surface area contributed by atoms with Crippen LogP contribution in [0.1, 0.15) is 34.7 Å². The minimum atomic E-state index is -0.387. The van der Waals surface area contributed by atoms with E-state index < -0.39 is 0 Å². The third-order valence-electron chi connectivity index (χ3n) is 6.42. The number of rotatable bonds is 2. The lowest BCUT2D eigenvalue weighted by Crippen LogP contribution is -2.44. The van der Waals surface area contributed by atoms with E-state index in [1.165, 1.54) is 10.5 Å². The third-order valence-corrected chi connectivity index (χ3v) is 6.42. The van der Waals surface area contributed by atoms with Crippen LogP contribution in [0.5, 0.6) is 0 Å². The average molecular weight is 375 g/mol. The molecule has 2 aromatic carbocycles. The minimum absolute atomic E-state index is 0.0677. The van der Waals surface area contributed by atoms with Gasteiger partial charge in [0.2, 0.25) is 5.91 Å². The molecule has 3 heterocycles. The number of hydrogen-bond acceptors (Lipinski definition) is 4. The number of hydrazine groups is 1. The maximum Gasteiger partial charge on any atom is 0.253 e. The standard InChI is InChI=1S/C23H25N3O2/c1-14-5-8-17(9-6-14)20-19-21(25-12-4-11-24(20)25)23(28)26(22(19)27)18-10-7-15(2)13-16(18)3/h5-10,13,19-21H,4,11-12H2,1-3H3/t19-,20-,21-/m1/s1. The van der Waals surface area contributed by atoms with Crippen molar-refractivity contribution in [2.75, 3.05) is 18.0 Å². The zero-order chi connectivity index (χ0) is 19.6. The van der Waals surface area contributed by atoms with Crippen molar-refractivity contribution >= 4 is 17.5 Å². The number of nitrogens with zero attached hydrogens (tertiary/aromatic N) is 3. The van der Waals surface area contributed by atoms with Gasteiger partial charge in [-0.15, -0.1) is 0 Å². The van der Waals surface area contributed by atoms with Crippen molar-refractivity contribution in [1.29, 1.82) is 0 Å². The maximum atomic E-state index is 13.6. The molecule has 5 heteroatoms. The van der Waals surface area contributed by atoms with Gasteiger partial charge >= 0.3 is 0 Å². The van der Waals surface area contributed by atoms with Crippen molar-refractivity contribution in [2.24, 2.45) is 5.92 Å². The van der Waals surface area contributed by atoms with Crippen LogP contribution in [0.25, 0.3) is 0 Å². The Kier molecular flexibility index (Phi) is 3.93. The second kappa shape index (κ2) is 6.26. The molecule has 2 aromatic rings. The number of hydrogen-bond donors (Lipinski definition) is 0. The number of carbonyl (C=O) groups excluding carboxylic acids is 2. The van der Waals surface area contributed by atoms with Crippen LogP contribution in [-0.4, -0.2) is 41.0 Å². The van der Waals surface area contributed by atoms with Crippen molar-refractivity contribution in [3.8, 4) is 0 Å². The highest BCUT2D eigenvalue weighted by atomic mass is 16.2. The van der Waals surface area contributed by atoms with Crippen LogP contribution in [0.15, 0.2) is 42.5 Å². The van der Waals surface area contributed by atoms with Gasteiger partial charge in [-0.3, -0.25) is 9.59 Å². The van der Waals surface area contributed by atoms with Gasteiger partial charge < -0.3 is 0 Å². The van der Waals surface area contributed by atoms with E-state index in [0.717, 1.165) is 41.9 Å². The van der Waals surface area contributed by atoms with Crippen LogP contribution < -0.4 is 4.90 Å². The lowest BCUT2D eigenvalue weighted by atomic mass is 9.89. The van der Waals surface area contributed by atoms with Gasteiger partial charge in [-0.1, -0.05) is 47.5 Å². The molecular formula is C23H25N3O2. The Bertz CT molecular complexity index is 968. The number of carbonyl (C=O) groups is 2. The molecular weight excluding hydrogens is 350 g/mol. The minimum Gasteiger partial charge on any atom is -0.274 e. The van der Waals surface area contributed by atoms with E-state index in [1.807, 2.05) is 32.0 Å². The Morgan fingerprint density at radius 3 is 2.11 bits per heavy atom. The third kappa shape index (κ3) is 2.39. The van der Waals surface area contributed by atoms with E-state index in [0.29, 0.717) is 0 Å². The first-order valence-corrected chi connectivity index (χ1v) is 10.0. The smallest absolute Gasteiger partial charge is 0.253 e. The molecule has 0 aromatic heterocycles. The summed E-state index contributed by atoms with van der Waals surface area (Å²) < 4.78 is 0. The fraction of sp³-hybridized carbons (Fsp3) is 0.391. The molecule has 5 rings (SSSR count). The van der Waals surface area contributed by atoms with E-state index in [4.69, 9.17) is 0 Å². The largest absolute Gasteiger partial charge is 0.274 e.